The Bertz CT molecular complexity index is 453. The van der Waals surface area contributed by atoms with Crippen molar-refractivity contribution in [3.8, 4) is 5.75 Å². The average molecular weight is 265 g/mol. The second-order valence-corrected chi connectivity index (χ2v) is 3.12. The van der Waals surface area contributed by atoms with E-state index in [2.05, 4.69) is 4.74 Å². The largest absolute Gasteiger partial charge is 0.478 e. The Labute approximate surface area is 97.7 Å². The van der Waals surface area contributed by atoms with E-state index in [9.17, 15) is 28.1 Å². The lowest BCUT2D eigenvalue weighted by molar-refractivity contribution is -0.386. The minimum atomic E-state index is -4.72. The number of carboxylic acids is 1. The third-order valence-electron chi connectivity index (χ3n) is 1.80. The first-order valence-corrected chi connectivity index (χ1v) is 4.42. The van der Waals surface area contributed by atoms with Crippen LogP contribution in [0.15, 0.2) is 18.2 Å². The number of rotatable bonds is 4. The van der Waals surface area contributed by atoms with Gasteiger partial charge in [-0.3, -0.25) is 10.1 Å². The summed E-state index contributed by atoms with van der Waals surface area (Å²) < 4.78 is 40.1. The summed E-state index contributed by atoms with van der Waals surface area (Å²) in [4.78, 5) is 20.3. The van der Waals surface area contributed by atoms with Crippen molar-refractivity contribution in [1.29, 1.82) is 0 Å². The number of aromatic carboxylic acids is 1. The van der Waals surface area contributed by atoms with Crippen molar-refractivity contribution in [1.82, 2.24) is 0 Å². The maximum atomic E-state index is 12.0. The SMILES string of the molecule is O=C(O)c1cccc([N+](=O)[O-])c1OCC(F)(F)F. The predicted octanol–water partition coefficient (Wildman–Crippen LogP) is 2.23. The molecule has 0 aliphatic carbocycles. The van der Waals surface area contributed by atoms with Gasteiger partial charge in [-0.1, -0.05) is 6.07 Å². The zero-order chi connectivity index (χ0) is 13.9. The van der Waals surface area contributed by atoms with E-state index in [1.807, 2.05) is 0 Å². The molecule has 0 saturated heterocycles. The molecule has 1 N–H and O–H groups in total. The summed E-state index contributed by atoms with van der Waals surface area (Å²) in [5.41, 5.74) is -1.53. The van der Waals surface area contributed by atoms with E-state index in [0.29, 0.717) is 0 Å². The molecule has 1 aromatic carbocycles. The van der Waals surface area contributed by atoms with Crippen LogP contribution in [0.25, 0.3) is 0 Å². The number of ether oxygens (including phenoxy) is 1. The van der Waals surface area contributed by atoms with E-state index >= 15 is 0 Å². The van der Waals surface area contributed by atoms with Gasteiger partial charge in [0.2, 0.25) is 5.75 Å². The van der Waals surface area contributed by atoms with Crippen LogP contribution in [0, 0.1) is 10.1 Å². The number of hydrogen-bond donors (Lipinski definition) is 1. The highest BCUT2D eigenvalue weighted by Gasteiger charge is 2.32. The molecule has 98 valence electrons. The van der Waals surface area contributed by atoms with Gasteiger partial charge in [0.25, 0.3) is 0 Å². The lowest BCUT2D eigenvalue weighted by Gasteiger charge is -2.11. The summed E-state index contributed by atoms with van der Waals surface area (Å²) in [6.07, 6.45) is -4.72. The summed E-state index contributed by atoms with van der Waals surface area (Å²) >= 11 is 0. The third kappa shape index (κ3) is 3.34. The number of nitrogens with zero attached hydrogens (tertiary/aromatic N) is 1. The fourth-order valence-corrected chi connectivity index (χ4v) is 1.14. The van der Waals surface area contributed by atoms with E-state index in [1.165, 1.54) is 0 Å². The minimum Gasteiger partial charge on any atom is -0.478 e. The molecule has 6 nitrogen and oxygen atoms in total. The summed E-state index contributed by atoms with van der Waals surface area (Å²) in [5.74, 6) is -2.52. The first-order chi connectivity index (χ1) is 8.22. The van der Waals surface area contributed by atoms with Crippen LogP contribution >= 0.6 is 0 Å². The van der Waals surface area contributed by atoms with Crippen molar-refractivity contribution in [2.75, 3.05) is 6.61 Å². The van der Waals surface area contributed by atoms with Crippen LogP contribution in [0.5, 0.6) is 5.75 Å². The van der Waals surface area contributed by atoms with Crippen molar-refractivity contribution in [3.63, 3.8) is 0 Å². The quantitative estimate of drug-likeness (QED) is 0.666. The number of carbonyl (C=O) groups is 1. The van der Waals surface area contributed by atoms with Gasteiger partial charge in [0.1, 0.15) is 5.56 Å². The van der Waals surface area contributed by atoms with Crippen LogP contribution in [0.4, 0.5) is 18.9 Å². The van der Waals surface area contributed by atoms with Gasteiger partial charge in [-0.2, -0.15) is 13.2 Å². The maximum absolute atomic E-state index is 12.0. The zero-order valence-electron chi connectivity index (χ0n) is 8.60. The molecule has 0 atom stereocenters. The smallest absolute Gasteiger partial charge is 0.422 e. The molecule has 0 aliphatic rings. The Morgan fingerprint density at radius 3 is 2.50 bits per heavy atom. The minimum absolute atomic E-state index is 0.701. The van der Waals surface area contributed by atoms with Gasteiger partial charge in [0.05, 0.1) is 4.92 Å². The molecule has 0 heterocycles. The van der Waals surface area contributed by atoms with Gasteiger partial charge >= 0.3 is 17.8 Å². The Balaban J connectivity index is 3.19. The van der Waals surface area contributed by atoms with Crippen molar-refractivity contribution < 1.29 is 32.7 Å². The van der Waals surface area contributed by atoms with Crippen LogP contribution in [-0.4, -0.2) is 28.8 Å². The summed E-state index contributed by atoms with van der Waals surface area (Å²) in [7, 11) is 0. The molecule has 0 bridgehead atoms. The molecule has 0 fully saturated rings. The van der Waals surface area contributed by atoms with Gasteiger partial charge in [-0.05, 0) is 6.07 Å². The van der Waals surface area contributed by atoms with Gasteiger partial charge in [-0.15, -0.1) is 0 Å². The number of halogens is 3. The first kappa shape index (κ1) is 13.7. The van der Waals surface area contributed by atoms with E-state index in [4.69, 9.17) is 5.11 Å². The number of carboxylic acid groups (broad SMARTS) is 1. The van der Waals surface area contributed by atoms with Crippen molar-refractivity contribution >= 4 is 11.7 Å². The molecule has 1 aromatic rings. The van der Waals surface area contributed by atoms with Gasteiger partial charge in [-0.25, -0.2) is 4.79 Å². The molecule has 0 aromatic heterocycles. The topological polar surface area (TPSA) is 89.7 Å². The molecule has 0 saturated carbocycles. The molecule has 0 radical (unpaired) electrons. The van der Waals surface area contributed by atoms with Crippen molar-refractivity contribution in [2.45, 2.75) is 6.18 Å². The molecule has 0 unspecified atom stereocenters. The number of hydrogen-bond acceptors (Lipinski definition) is 4. The zero-order valence-corrected chi connectivity index (χ0v) is 8.60. The normalized spacial score (nSPS) is 11.1. The summed E-state index contributed by atoms with van der Waals surface area (Å²) in [6, 6.07) is 2.82. The maximum Gasteiger partial charge on any atom is 0.422 e. The molecule has 1 rings (SSSR count). The second-order valence-electron chi connectivity index (χ2n) is 3.12. The highest BCUT2D eigenvalue weighted by atomic mass is 19.4. The second kappa shape index (κ2) is 4.90. The molecule has 0 spiro atoms. The molecule has 0 aliphatic heterocycles. The lowest BCUT2D eigenvalue weighted by Crippen LogP contribution is -2.20. The fraction of sp³-hybridized carbons (Fsp3) is 0.222. The Hall–Kier alpha value is -2.32. The predicted molar refractivity (Wildman–Crippen MR) is 51.6 cm³/mol. The number of para-hydroxylation sites is 1. The molecule has 9 heteroatoms. The molecular weight excluding hydrogens is 259 g/mol. The standard InChI is InChI=1S/C9H6F3NO5/c10-9(11,12)4-18-7-5(8(14)15)2-1-3-6(7)13(16)17/h1-3H,4H2,(H,14,15). The Kier molecular flexibility index (Phi) is 3.74. The van der Waals surface area contributed by atoms with E-state index in [0.717, 1.165) is 18.2 Å². The Morgan fingerprint density at radius 2 is 2.06 bits per heavy atom. The first-order valence-electron chi connectivity index (χ1n) is 4.42. The summed E-state index contributed by atoms with van der Waals surface area (Å²) in [6.45, 7) is -1.81. The number of alkyl halides is 3. The van der Waals surface area contributed by atoms with Crippen LogP contribution in [0.2, 0.25) is 0 Å². The van der Waals surface area contributed by atoms with Gasteiger partial charge < -0.3 is 9.84 Å². The van der Waals surface area contributed by atoms with Crippen LogP contribution in [0.3, 0.4) is 0 Å². The van der Waals surface area contributed by atoms with Gasteiger partial charge in [0.15, 0.2) is 6.61 Å². The summed E-state index contributed by atoms with van der Waals surface area (Å²) in [5, 5.41) is 19.3. The third-order valence-corrected chi connectivity index (χ3v) is 1.80. The number of nitro benzene ring substituents is 1. The molecular formula is C9H6F3NO5. The van der Waals surface area contributed by atoms with E-state index in [1.54, 1.807) is 0 Å². The monoisotopic (exact) mass is 265 g/mol. The van der Waals surface area contributed by atoms with Crippen molar-refractivity contribution in [2.24, 2.45) is 0 Å². The van der Waals surface area contributed by atoms with E-state index < -0.39 is 40.7 Å². The van der Waals surface area contributed by atoms with E-state index in [-0.39, 0.29) is 0 Å². The average Bonchev–Trinajstić information content (AvgIpc) is 2.24. The van der Waals surface area contributed by atoms with Gasteiger partial charge in [0, 0.05) is 6.07 Å². The highest BCUT2D eigenvalue weighted by molar-refractivity contribution is 5.92. The van der Waals surface area contributed by atoms with Crippen LogP contribution in [-0.2, 0) is 0 Å². The molecule has 18 heavy (non-hydrogen) atoms. The Morgan fingerprint density at radius 1 is 1.44 bits per heavy atom. The fourth-order valence-electron chi connectivity index (χ4n) is 1.14. The van der Waals surface area contributed by atoms with Crippen LogP contribution < -0.4 is 4.74 Å². The van der Waals surface area contributed by atoms with Crippen LogP contribution in [0.1, 0.15) is 10.4 Å². The number of nitro groups is 1. The molecule has 0 amide bonds. The number of benzene rings is 1. The lowest BCUT2D eigenvalue weighted by atomic mass is 10.2. The van der Waals surface area contributed by atoms with Crippen molar-refractivity contribution in [3.05, 3.63) is 33.9 Å². The highest BCUT2D eigenvalue weighted by Crippen LogP contribution is 2.32.